The molecule has 35 heavy (non-hydrogen) atoms. The molecule has 1 aliphatic rings. The Morgan fingerprint density at radius 3 is 2.80 bits per heavy atom. The zero-order valence-electron chi connectivity index (χ0n) is 18.6. The second-order valence-corrected chi connectivity index (χ2v) is 9.05. The molecule has 1 amide bonds. The first kappa shape index (κ1) is 24.6. The number of alkyl halides is 3. The Hall–Kier alpha value is -3.49. The van der Waals surface area contributed by atoms with Gasteiger partial charge in [-0.2, -0.15) is 29.6 Å². The van der Waals surface area contributed by atoms with Gasteiger partial charge in [0, 0.05) is 53.8 Å². The molecule has 3 aromatic rings. The molecule has 0 fully saturated rings. The minimum Gasteiger partial charge on any atom is -0.333 e. The molecule has 0 bridgehead atoms. The Morgan fingerprint density at radius 1 is 1.37 bits per heavy atom. The summed E-state index contributed by atoms with van der Waals surface area (Å²) in [7, 11) is 0. The Balaban J connectivity index is 1.91. The van der Waals surface area contributed by atoms with Crippen molar-refractivity contribution in [3.8, 4) is 11.1 Å². The van der Waals surface area contributed by atoms with Gasteiger partial charge in [-0.05, 0) is 30.2 Å². The first-order valence-corrected chi connectivity index (χ1v) is 11.6. The molecule has 1 aromatic carbocycles. The molecule has 0 saturated carbocycles. The van der Waals surface area contributed by atoms with Gasteiger partial charge in [0.15, 0.2) is 5.69 Å². The third kappa shape index (κ3) is 4.72. The normalized spacial score (nSPS) is 15.9. The summed E-state index contributed by atoms with van der Waals surface area (Å²) >= 11 is 1.21. The maximum Gasteiger partial charge on any atom is 0.435 e. The summed E-state index contributed by atoms with van der Waals surface area (Å²) in [5.41, 5.74) is 4.71. The van der Waals surface area contributed by atoms with Gasteiger partial charge in [-0.3, -0.25) is 9.48 Å². The summed E-state index contributed by atoms with van der Waals surface area (Å²) in [6.07, 6.45) is -0.750. The average Bonchev–Trinajstić information content (AvgIpc) is 3.45. The van der Waals surface area contributed by atoms with Crippen LogP contribution in [0.5, 0.6) is 0 Å². The number of carbonyl (C=O) groups is 1. The van der Waals surface area contributed by atoms with Crippen molar-refractivity contribution in [3.05, 3.63) is 81.5 Å². The first-order valence-electron chi connectivity index (χ1n) is 10.8. The van der Waals surface area contributed by atoms with Gasteiger partial charge in [0.05, 0.1) is 13.1 Å². The van der Waals surface area contributed by atoms with Crippen molar-refractivity contribution in [1.29, 1.82) is 0 Å². The number of halogens is 4. The van der Waals surface area contributed by atoms with Gasteiger partial charge in [-0.25, -0.2) is 9.24 Å². The van der Waals surface area contributed by atoms with Gasteiger partial charge in [-0.1, -0.05) is 18.2 Å². The van der Waals surface area contributed by atoms with Crippen LogP contribution in [0.25, 0.3) is 16.0 Å². The van der Waals surface area contributed by atoms with Gasteiger partial charge in [-0.15, -0.1) is 0 Å². The van der Waals surface area contributed by atoms with Crippen molar-refractivity contribution in [1.82, 2.24) is 14.7 Å². The van der Waals surface area contributed by atoms with Crippen LogP contribution in [-0.4, -0.2) is 33.7 Å². The van der Waals surface area contributed by atoms with Gasteiger partial charge >= 0.3 is 6.18 Å². The van der Waals surface area contributed by atoms with Crippen LogP contribution in [-0.2, 0) is 24.1 Å². The fourth-order valence-electron chi connectivity index (χ4n) is 4.26. The highest BCUT2D eigenvalue weighted by Crippen LogP contribution is 2.46. The predicted molar refractivity (Wildman–Crippen MR) is 124 cm³/mol. The number of hydrogen-bond donors (Lipinski definition) is 1. The van der Waals surface area contributed by atoms with Gasteiger partial charge in [0.2, 0.25) is 10.9 Å². The van der Waals surface area contributed by atoms with E-state index >= 15 is 4.39 Å². The van der Waals surface area contributed by atoms with Crippen molar-refractivity contribution in [3.63, 3.8) is 0 Å². The SMILES string of the molecule is [C-]#[N+]c1cc2c(s1)CN(C(=O)/C=C/CN)C[C@H]2c1cccc(F)c1-c1cn(CC)nc1C(F)(F)F. The predicted octanol–water partition coefficient (Wildman–Crippen LogP) is 5.33. The number of thiophene rings is 1. The number of carbonyl (C=O) groups excluding carboxylic acids is 1. The third-order valence-electron chi connectivity index (χ3n) is 5.80. The molecule has 0 unspecified atom stereocenters. The molecule has 0 saturated heterocycles. The van der Waals surface area contributed by atoms with Gasteiger partial charge < -0.3 is 10.6 Å². The number of aromatic nitrogens is 2. The molecule has 182 valence electrons. The number of rotatable bonds is 5. The Morgan fingerprint density at radius 2 is 2.14 bits per heavy atom. The summed E-state index contributed by atoms with van der Waals surface area (Å²) in [6, 6.07) is 5.78. The number of nitrogens with zero attached hydrogens (tertiary/aromatic N) is 4. The lowest BCUT2D eigenvalue weighted by atomic mass is 9.83. The second kappa shape index (κ2) is 9.64. The van der Waals surface area contributed by atoms with E-state index in [0.29, 0.717) is 16.1 Å². The van der Waals surface area contributed by atoms with Crippen molar-refractivity contribution < 1.29 is 22.4 Å². The summed E-state index contributed by atoms with van der Waals surface area (Å²) in [5, 5.41) is 4.03. The van der Waals surface area contributed by atoms with Crippen LogP contribution >= 0.6 is 11.3 Å². The topological polar surface area (TPSA) is 68.5 Å². The lowest BCUT2D eigenvalue weighted by Crippen LogP contribution is -2.37. The highest BCUT2D eigenvalue weighted by molar-refractivity contribution is 7.16. The molecule has 1 atom stereocenters. The van der Waals surface area contributed by atoms with E-state index in [2.05, 4.69) is 9.94 Å². The van der Waals surface area contributed by atoms with Crippen molar-refractivity contribution in [2.24, 2.45) is 5.73 Å². The molecule has 2 aromatic heterocycles. The van der Waals surface area contributed by atoms with E-state index in [9.17, 15) is 18.0 Å². The smallest absolute Gasteiger partial charge is 0.333 e. The van der Waals surface area contributed by atoms with E-state index in [1.165, 1.54) is 40.7 Å². The van der Waals surface area contributed by atoms with E-state index in [-0.39, 0.29) is 43.2 Å². The van der Waals surface area contributed by atoms with Crippen LogP contribution in [0.3, 0.4) is 0 Å². The lowest BCUT2D eigenvalue weighted by molar-refractivity contribution is -0.141. The Labute approximate surface area is 203 Å². The maximum atomic E-state index is 15.3. The van der Waals surface area contributed by atoms with Crippen LogP contribution < -0.4 is 5.73 Å². The molecule has 4 rings (SSSR count). The van der Waals surface area contributed by atoms with Crippen molar-refractivity contribution in [2.45, 2.75) is 32.1 Å². The van der Waals surface area contributed by atoms with E-state index in [1.54, 1.807) is 19.1 Å². The zero-order valence-corrected chi connectivity index (χ0v) is 19.5. The average molecular weight is 504 g/mol. The Kier molecular flexibility index (Phi) is 6.78. The third-order valence-corrected chi connectivity index (χ3v) is 6.83. The summed E-state index contributed by atoms with van der Waals surface area (Å²) in [5.74, 6) is -1.79. The van der Waals surface area contributed by atoms with Crippen LogP contribution in [0.15, 0.2) is 42.6 Å². The molecular weight excluding hydrogens is 482 g/mol. The summed E-state index contributed by atoms with van der Waals surface area (Å²) in [6.45, 7) is 9.72. The molecule has 0 aliphatic carbocycles. The van der Waals surface area contributed by atoms with Crippen molar-refractivity contribution >= 4 is 22.2 Å². The number of amides is 1. The lowest BCUT2D eigenvalue weighted by Gasteiger charge is -2.34. The summed E-state index contributed by atoms with van der Waals surface area (Å²) < 4.78 is 58.0. The summed E-state index contributed by atoms with van der Waals surface area (Å²) in [4.78, 5) is 18.5. The fraction of sp³-hybridized carbons (Fsp3) is 0.292. The first-order chi connectivity index (χ1) is 16.7. The highest BCUT2D eigenvalue weighted by Gasteiger charge is 2.40. The van der Waals surface area contributed by atoms with Crippen molar-refractivity contribution in [2.75, 3.05) is 13.1 Å². The van der Waals surface area contributed by atoms with E-state index < -0.39 is 23.6 Å². The number of benzene rings is 1. The zero-order chi connectivity index (χ0) is 25.3. The minimum absolute atomic E-state index is 0.106. The fourth-order valence-corrected chi connectivity index (χ4v) is 5.28. The van der Waals surface area contributed by atoms with Crippen LogP contribution in [0.4, 0.5) is 22.6 Å². The molecule has 11 heteroatoms. The Bertz CT molecular complexity index is 1330. The van der Waals surface area contributed by atoms with Crippen LogP contribution in [0, 0.1) is 12.4 Å². The number of hydrogen-bond acceptors (Lipinski definition) is 4. The largest absolute Gasteiger partial charge is 0.435 e. The highest BCUT2D eigenvalue weighted by atomic mass is 32.1. The van der Waals surface area contributed by atoms with Crippen LogP contribution in [0.2, 0.25) is 0 Å². The molecular formula is C24H21F4N5OS. The molecule has 6 nitrogen and oxygen atoms in total. The molecule has 0 radical (unpaired) electrons. The number of nitrogens with two attached hydrogens (primary N) is 1. The standard InChI is InChI=1S/C24H21F4N5OS/c1-3-33-12-17(23(31-33)24(26,27)28)22-14(6-4-7-18(22)25)16-11-32(21(34)8-5-9-29)13-19-15(16)10-20(30-2)35-19/h4-8,10,12,16H,3,9,11,13,29H2,1H3/b8-5+/t16-/m0/s1. The van der Waals surface area contributed by atoms with Gasteiger partial charge in [0.25, 0.3) is 0 Å². The molecule has 0 spiro atoms. The number of aryl methyl sites for hydroxylation is 1. The maximum absolute atomic E-state index is 15.3. The molecule has 3 heterocycles. The molecule has 2 N–H and O–H groups in total. The monoisotopic (exact) mass is 503 g/mol. The van der Waals surface area contributed by atoms with E-state index in [0.717, 1.165) is 15.6 Å². The van der Waals surface area contributed by atoms with Crippen LogP contribution in [0.1, 0.15) is 34.5 Å². The minimum atomic E-state index is -4.79. The van der Waals surface area contributed by atoms with Gasteiger partial charge in [0.1, 0.15) is 5.82 Å². The number of fused-ring (bicyclic) bond motifs is 1. The van der Waals surface area contributed by atoms with E-state index in [4.69, 9.17) is 12.3 Å². The second-order valence-electron chi connectivity index (χ2n) is 7.93. The van der Waals surface area contributed by atoms with E-state index in [1.807, 2.05) is 0 Å². The molecule has 1 aliphatic heterocycles. The quantitative estimate of drug-likeness (QED) is 0.291.